The number of aromatic nitrogens is 1. The van der Waals surface area contributed by atoms with Crippen LogP contribution in [0, 0.1) is 10.8 Å². The fourth-order valence-electron chi connectivity index (χ4n) is 7.82. The Hall–Kier alpha value is -1.68. The van der Waals surface area contributed by atoms with E-state index in [0.29, 0.717) is 6.42 Å². The number of allylic oxidation sites excluding steroid dienone is 1. The number of alkyl halides is 1. The first kappa shape index (κ1) is 38.1. The van der Waals surface area contributed by atoms with E-state index < -0.39 is 16.5 Å². The zero-order valence-corrected chi connectivity index (χ0v) is 36.0. The first-order chi connectivity index (χ1) is 21.5. The van der Waals surface area contributed by atoms with Crippen molar-refractivity contribution in [1.82, 2.24) is 4.57 Å². The molecule has 3 aromatic carbocycles. The fourth-order valence-corrected chi connectivity index (χ4v) is 8.27. The molecule has 47 heavy (non-hydrogen) atoms. The summed E-state index contributed by atoms with van der Waals surface area (Å²) in [6.07, 6.45) is 2.99. The number of hydrogen-bond donors (Lipinski definition) is 1. The van der Waals surface area contributed by atoms with Gasteiger partial charge in [-0.25, -0.2) is 0 Å². The third-order valence-electron chi connectivity index (χ3n) is 10.1. The van der Waals surface area contributed by atoms with Crippen LogP contribution in [0.4, 0.5) is 0 Å². The van der Waals surface area contributed by atoms with Crippen molar-refractivity contribution in [2.75, 3.05) is 0 Å². The summed E-state index contributed by atoms with van der Waals surface area (Å²) in [5.74, 6) is 0. The van der Waals surface area contributed by atoms with Crippen molar-refractivity contribution in [3.63, 3.8) is 0 Å². The van der Waals surface area contributed by atoms with Gasteiger partial charge in [0.05, 0.1) is 10.4 Å². The molecule has 0 saturated heterocycles. The zero-order valence-electron chi connectivity index (χ0n) is 31.7. The Morgan fingerprint density at radius 3 is 1.62 bits per heavy atom. The Labute approximate surface area is 302 Å². The average Bonchev–Trinajstić information content (AvgIpc) is 3.27. The van der Waals surface area contributed by atoms with Crippen molar-refractivity contribution >= 4 is 39.0 Å². The minimum absolute atomic E-state index is 0.0179. The van der Waals surface area contributed by atoms with E-state index in [2.05, 4.69) is 152 Å². The second kappa shape index (κ2) is 13.2. The van der Waals surface area contributed by atoms with Crippen LogP contribution in [0.15, 0.2) is 72.8 Å². The van der Waals surface area contributed by atoms with Gasteiger partial charge in [-0.1, -0.05) is 125 Å². The van der Waals surface area contributed by atoms with Gasteiger partial charge in [0, 0.05) is 21.8 Å². The second-order valence-corrected chi connectivity index (χ2v) is 22.5. The molecule has 0 radical (unpaired) electrons. The zero-order chi connectivity index (χ0) is 35.4. The molecule has 0 bridgehead atoms. The van der Waals surface area contributed by atoms with Gasteiger partial charge in [-0.3, -0.25) is 0 Å². The Morgan fingerprint density at radius 1 is 0.766 bits per heavy atom. The van der Waals surface area contributed by atoms with Crippen molar-refractivity contribution in [1.29, 1.82) is 0 Å². The molecule has 4 aromatic rings. The maximum absolute atomic E-state index is 12.6. The van der Waals surface area contributed by atoms with Gasteiger partial charge in [0.1, 0.15) is 6.10 Å². The summed E-state index contributed by atoms with van der Waals surface area (Å²) in [6, 6.07) is 24.2. The topological polar surface area (TPSA) is 25.2 Å². The Kier molecular flexibility index (Phi) is 10.7. The van der Waals surface area contributed by atoms with Crippen LogP contribution < -0.4 is 0 Å². The van der Waals surface area contributed by atoms with Gasteiger partial charge >= 0.3 is 32.3 Å². The molecular weight excluding hydrogens is 760 g/mol. The van der Waals surface area contributed by atoms with Gasteiger partial charge in [0.25, 0.3) is 0 Å². The number of hydrogen-bond acceptors (Lipinski definition) is 1. The summed E-state index contributed by atoms with van der Waals surface area (Å²) < 4.78 is 7.07. The van der Waals surface area contributed by atoms with Gasteiger partial charge in [-0.05, 0) is 88.0 Å². The molecule has 0 saturated carbocycles. The van der Waals surface area contributed by atoms with Crippen LogP contribution in [0.25, 0.3) is 27.4 Å². The van der Waals surface area contributed by atoms with Crippen LogP contribution in [0.1, 0.15) is 113 Å². The SMILES string of the molecule is CC(C)(C)CC(C)(C)C1(Cl)C=C(c2ccccc2)C(O)C(C)(n2c3ccc(C(C)(C)C)cc3c3cc(C(C)(C)C)ccc32)C1.[CH3][Hf][CH3]. The summed E-state index contributed by atoms with van der Waals surface area (Å²) >= 11 is 8.04. The molecule has 0 spiro atoms. The van der Waals surface area contributed by atoms with Crippen LogP contribution in [-0.4, -0.2) is 20.7 Å². The average molecular weight is 821 g/mol. The predicted octanol–water partition coefficient (Wildman–Crippen LogP) is 12.6. The number of aliphatic hydroxyl groups is 1. The summed E-state index contributed by atoms with van der Waals surface area (Å²) in [5.41, 5.74) is 5.99. The van der Waals surface area contributed by atoms with E-state index in [-0.39, 0.29) is 44.6 Å². The molecule has 254 valence electrons. The molecule has 2 nitrogen and oxygen atoms in total. The molecule has 0 fully saturated rings. The molecule has 1 aromatic heterocycles. The quantitative estimate of drug-likeness (QED) is 0.161. The first-order valence-corrected chi connectivity index (χ1v) is 24.9. The fraction of sp³-hybridized carbons (Fsp3) is 0.535. The summed E-state index contributed by atoms with van der Waals surface area (Å²) in [4.78, 5) is -0.695. The molecule has 3 unspecified atom stereocenters. The van der Waals surface area contributed by atoms with Crippen LogP contribution in [0.3, 0.4) is 0 Å². The molecule has 4 heteroatoms. The molecule has 1 N–H and O–H groups in total. The monoisotopic (exact) mass is 821 g/mol. The summed E-state index contributed by atoms with van der Waals surface area (Å²) in [7, 11) is 0. The molecule has 0 amide bonds. The number of aliphatic hydroxyl groups excluding tert-OH is 1. The third-order valence-corrected chi connectivity index (χ3v) is 10.8. The number of fused-ring (bicyclic) bond motifs is 3. The van der Waals surface area contributed by atoms with Gasteiger partial charge < -0.3 is 9.67 Å². The van der Waals surface area contributed by atoms with E-state index in [0.717, 1.165) is 28.6 Å². The Morgan fingerprint density at radius 2 is 1.21 bits per heavy atom. The van der Waals surface area contributed by atoms with Crippen LogP contribution in [0.5, 0.6) is 0 Å². The maximum atomic E-state index is 12.6. The first-order valence-electron chi connectivity index (χ1n) is 17.3. The van der Waals surface area contributed by atoms with Gasteiger partial charge in [-0.15, -0.1) is 11.6 Å². The predicted molar refractivity (Wildman–Crippen MR) is 204 cm³/mol. The summed E-state index contributed by atoms with van der Waals surface area (Å²) in [6.45, 7) is 27.4. The van der Waals surface area contributed by atoms with Crippen molar-refractivity contribution in [2.24, 2.45) is 10.8 Å². The van der Waals surface area contributed by atoms with Gasteiger partial charge in [0.15, 0.2) is 0 Å². The van der Waals surface area contributed by atoms with Crippen molar-refractivity contribution in [3.8, 4) is 0 Å². The number of rotatable bonds is 4. The van der Waals surface area contributed by atoms with Crippen molar-refractivity contribution < 1.29 is 28.0 Å². The van der Waals surface area contributed by atoms with Gasteiger partial charge in [0.2, 0.25) is 0 Å². The van der Waals surface area contributed by atoms with Crippen molar-refractivity contribution in [2.45, 2.75) is 133 Å². The molecule has 3 atom stereocenters. The number of halogens is 1. The molecule has 1 aliphatic carbocycles. The molecule has 1 aliphatic rings. The van der Waals surface area contributed by atoms with Crippen LogP contribution >= 0.6 is 11.6 Å². The van der Waals surface area contributed by atoms with Crippen LogP contribution in [-0.2, 0) is 39.3 Å². The van der Waals surface area contributed by atoms with Gasteiger partial charge in [-0.2, -0.15) is 0 Å². The molecule has 0 aliphatic heterocycles. The van der Waals surface area contributed by atoms with Crippen molar-refractivity contribution in [3.05, 3.63) is 89.5 Å². The van der Waals surface area contributed by atoms with E-state index in [1.54, 1.807) is 0 Å². The van der Waals surface area contributed by atoms with Crippen LogP contribution in [0.2, 0.25) is 9.36 Å². The Balaban J connectivity index is 0.00000160. The molecule has 5 rings (SSSR count). The van der Waals surface area contributed by atoms with E-state index in [1.165, 1.54) is 21.9 Å². The normalized spacial score (nSPS) is 22.6. The minimum atomic E-state index is -0.759. The van der Waals surface area contributed by atoms with E-state index in [4.69, 9.17) is 11.6 Å². The second-order valence-electron chi connectivity index (χ2n) is 18.2. The van der Waals surface area contributed by atoms with E-state index in [9.17, 15) is 5.11 Å². The third kappa shape index (κ3) is 7.58. The number of nitrogens with zero attached hydrogens (tertiary/aromatic N) is 1. The summed E-state index contributed by atoms with van der Waals surface area (Å²) in [5, 5.41) is 15.0. The van der Waals surface area contributed by atoms with E-state index in [1.807, 2.05) is 18.2 Å². The number of benzene rings is 3. The standard InChI is InChI=1S/C41H54ClNO.2CH3.Hf/c1-36(2,3)25-39(10,11)41(42)24-32(27-16-14-13-15-17-27)35(44)40(12,26-41)43-33-20-18-28(37(4,5)6)22-30(33)31-23-29(38(7,8)9)19-21-34(31)43;;;/h13-24,35,44H,25-26H2,1-12H3;2*1H3;. The molecule has 1 heterocycles. The Bertz CT molecular complexity index is 1670. The molecular formula is C43H60ClHfNO. The van der Waals surface area contributed by atoms with E-state index >= 15 is 0 Å².